The van der Waals surface area contributed by atoms with Gasteiger partial charge in [0, 0.05) is 25.8 Å². The van der Waals surface area contributed by atoms with Gasteiger partial charge in [-0.15, -0.1) is 0 Å². The number of esters is 2. The first-order valence-corrected chi connectivity index (χ1v) is 13.2. The van der Waals surface area contributed by atoms with Gasteiger partial charge in [-0.2, -0.15) is 0 Å². The maximum atomic E-state index is 12.3. The zero-order valence-electron chi connectivity index (χ0n) is 21.8. The number of aliphatic hydroxyl groups excluding tert-OH is 1. The SMILES string of the molecule is CCCCCC(OC(=O)CCCC(=O)OCCN(C)C)C(O)C/C=C\CCCCCCCC=O. The van der Waals surface area contributed by atoms with Gasteiger partial charge in [0.2, 0.25) is 0 Å². The minimum absolute atomic E-state index is 0.141. The molecule has 0 aromatic carbocycles. The molecule has 0 heterocycles. The van der Waals surface area contributed by atoms with Crippen LogP contribution in [0.5, 0.6) is 0 Å². The van der Waals surface area contributed by atoms with Crippen molar-refractivity contribution in [2.45, 2.75) is 115 Å². The van der Waals surface area contributed by atoms with Crippen LogP contribution < -0.4 is 0 Å². The molecule has 0 rings (SSSR count). The van der Waals surface area contributed by atoms with Gasteiger partial charge in [-0.25, -0.2) is 0 Å². The molecule has 0 saturated carbocycles. The lowest BCUT2D eigenvalue weighted by molar-refractivity contribution is -0.156. The highest BCUT2D eigenvalue weighted by molar-refractivity contribution is 5.72. The van der Waals surface area contributed by atoms with Gasteiger partial charge < -0.3 is 24.3 Å². The number of carbonyl (C=O) groups is 3. The van der Waals surface area contributed by atoms with Crippen molar-refractivity contribution in [2.75, 3.05) is 27.2 Å². The number of aldehydes is 1. The molecule has 0 aromatic rings. The van der Waals surface area contributed by atoms with Crippen LogP contribution in [0.25, 0.3) is 0 Å². The summed E-state index contributed by atoms with van der Waals surface area (Å²) in [6.45, 7) is 3.12. The van der Waals surface area contributed by atoms with Crippen LogP contribution in [0.2, 0.25) is 0 Å². The monoisotopic (exact) mass is 483 g/mol. The molecule has 0 spiro atoms. The van der Waals surface area contributed by atoms with Crippen LogP contribution in [0.15, 0.2) is 12.2 Å². The zero-order valence-corrected chi connectivity index (χ0v) is 21.8. The fourth-order valence-corrected chi connectivity index (χ4v) is 3.47. The molecule has 0 radical (unpaired) electrons. The first kappa shape index (κ1) is 32.3. The maximum absolute atomic E-state index is 12.3. The topological polar surface area (TPSA) is 93.1 Å². The van der Waals surface area contributed by atoms with Crippen LogP contribution in [0, 0.1) is 0 Å². The molecular formula is C27H49NO6. The first-order chi connectivity index (χ1) is 16.4. The first-order valence-electron chi connectivity index (χ1n) is 13.2. The van der Waals surface area contributed by atoms with E-state index in [0.717, 1.165) is 64.1 Å². The van der Waals surface area contributed by atoms with Gasteiger partial charge in [-0.3, -0.25) is 9.59 Å². The van der Waals surface area contributed by atoms with Gasteiger partial charge in [0.1, 0.15) is 19.0 Å². The summed E-state index contributed by atoms with van der Waals surface area (Å²) < 4.78 is 10.7. The molecule has 34 heavy (non-hydrogen) atoms. The number of allylic oxidation sites excluding steroid dienone is 1. The van der Waals surface area contributed by atoms with E-state index >= 15 is 0 Å². The van der Waals surface area contributed by atoms with E-state index in [4.69, 9.17) is 9.47 Å². The minimum Gasteiger partial charge on any atom is -0.464 e. The molecule has 198 valence electrons. The van der Waals surface area contributed by atoms with E-state index < -0.39 is 12.2 Å². The number of aliphatic hydroxyl groups is 1. The fraction of sp³-hybridized carbons (Fsp3) is 0.815. The number of unbranched alkanes of at least 4 members (excludes halogenated alkanes) is 8. The molecular weight excluding hydrogens is 434 g/mol. The third-order valence-corrected chi connectivity index (χ3v) is 5.60. The Balaban J connectivity index is 4.24. The number of nitrogens with zero attached hydrogens (tertiary/aromatic N) is 1. The molecule has 0 saturated heterocycles. The van der Waals surface area contributed by atoms with Crippen molar-refractivity contribution in [2.24, 2.45) is 0 Å². The second-order valence-corrected chi connectivity index (χ2v) is 9.19. The maximum Gasteiger partial charge on any atom is 0.306 e. The van der Waals surface area contributed by atoms with Crippen molar-refractivity contribution >= 4 is 18.2 Å². The Hall–Kier alpha value is -1.73. The summed E-state index contributed by atoms with van der Waals surface area (Å²) in [4.78, 5) is 36.2. The quantitative estimate of drug-likeness (QED) is 0.0947. The van der Waals surface area contributed by atoms with Gasteiger partial charge in [-0.05, 0) is 59.0 Å². The van der Waals surface area contributed by atoms with Crippen LogP contribution >= 0.6 is 0 Å². The lowest BCUT2D eigenvalue weighted by atomic mass is 10.0. The van der Waals surface area contributed by atoms with Crippen molar-refractivity contribution in [3.05, 3.63) is 12.2 Å². The van der Waals surface area contributed by atoms with E-state index in [-0.39, 0.29) is 24.8 Å². The highest BCUT2D eigenvalue weighted by atomic mass is 16.6. The summed E-state index contributed by atoms with van der Waals surface area (Å²) >= 11 is 0. The van der Waals surface area contributed by atoms with Crippen molar-refractivity contribution in [3.63, 3.8) is 0 Å². The van der Waals surface area contributed by atoms with E-state index in [1.807, 2.05) is 25.1 Å². The molecule has 2 unspecified atom stereocenters. The fourth-order valence-electron chi connectivity index (χ4n) is 3.47. The number of hydrogen-bond donors (Lipinski definition) is 1. The Labute approximate surface area is 207 Å². The molecule has 7 nitrogen and oxygen atoms in total. The van der Waals surface area contributed by atoms with Crippen molar-refractivity contribution in [1.29, 1.82) is 0 Å². The Morgan fingerprint density at radius 3 is 2.24 bits per heavy atom. The predicted octanol–water partition coefficient (Wildman–Crippen LogP) is 4.99. The Bertz CT molecular complexity index is 549. The molecule has 0 aliphatic carbocycles. The van der Waals surface area contributed by atoms with E-state index in [1.54, 1.807) is 0 Å². The molecule has 0 aliphatic heterocycles. The lowest BCUT2D eigenvalue weighted by Gasteiger charge is -2.22. The van der Waals surface area contributed by atoms with Gasteiger partial charge >= 0.3 is 11.9 Å². The van der Waals surface area contributed by atoms with E-state index in [1.165, 1.54) is 0 Å². The van der Waals surface area contributed by atoms with Crippen molar-refractivity contribution in [1.82, 2.24) is 4.90 Å². The second kappa shape index (κ2) is 23.0. The third-order valence-electron chi connectivity index (χ3n) is 5.60. The largest absolute Gasteiger partial charge is 0.464 e. The predicted molar refractivity (Wildman–Crippen MR) is 136 cm³/mol. The molecule has 7 heteroatoms. The molecule has 1 N–H and O–H groups in total. The lowest BCUT2D eigenvalue weighted by Crippen LogP contribution is -2.31. The summed E-state index contributed by atoms with van der Waals surface area (Å²) in [7, 11) is 3.82. The number of likely N-dealkylation sites (N-methyl/N-ethyl adjacent to an activating group) is 1. The van der Waals surface area contributed by atoms with Crippen molar-refractivity contribution < 1.29 is 29.0 Å². The summed E-state index contributed by atoms with van der Waals surface area (Å²) in [5, 5.41) is 10.6. The van der Waals surface area contributed by atoms with Crippen LogP contribution in [-0.4, -0.2) is 67.7 Å². The van der Waals surface area contributed by atoms with Crippen LogP contribution in [-0.2, 0) is 23.9 Å². The minimum atomic E-state index is -0.726. The highest BCUT2D eigenvalue weighted by Crippen LogP contribution is 2.16. The summed E-state index contributed by atoms with van der Waals surface area (Å²) in [5.41, 5.74) is 0. The van der Waals surface area contributed by atoms with Gasteiger partial charge in [0.05, 0.1) is 6.10 Å². The van der Waals surface area contributed by atoms with Crippen LogP contribution in [0.4, 0.5) is 0 Å². The van der Waals surface area contributed by atoms with E-state index in [2.05, 4.69) is 13.0 Å². The third kappa shape index (κ3) is 20.8. The van der Waals surface area contributed by atoms with Crippen LogP contribution in [0.3, 0.4) is 0 Å². The van der Waals surface area contributed by atoms with Crippen molar-refractivity contribution in [3.8, 4) is 0 Å². The number of rotatable bonds is 23. The Kier molecular flexibility index (Phi) is 21.9. The summed E-state index contributed by atoms with van der Waals surface area (Å²) in [5.74, 6) is -0.680. The average Bonchev–Trinajstić information content (AvgIpc) is 2.79. The number of carbonyl (C=O) groups excluding carboxylic acids is 3. The second-order valence-electron chi connectivity index (χ2n) is 9.19. The van der Waals surface area contributed by atoms with E-state index in [9.17, 15) is 19.5 Å². The van der Waals surface area contributed by atoms with Gasteiger partial charge in [0.25, 0.3) is 0 Å². The molecule has 0 amide bonds. The molecule has 2 atom stereocenters. The normalized spacial score (nSPS) is 13.2. The molecule has 0 bridgehead atoms. The highest BCUT2D eigenvalue weighted by Gasteiger charge is 2.22. The molecule has 0 fully saturated rings. The molecule has 0 aliphatic rings. The van der Waals surface area contributed by atoms with E-state index in [0.29, 0.717) is 38.8 Å². The average molecular weight is 484 g/mol. The number of hydrogen-bond acceptors (Lipinski definition) is 7. The van der Waals surface area contributed by atoms with Gasteiger partial charge in [-0.1, -0.05) is 51.2 Å². The Morgan fingerprint density at radius 1 is 0.882 bits per heavy atom. The Morgan fingerprint density at radius 2 is 1.56 bits per heavy atom. The standard InChI is InChI=1S/C27H49NO6/c1-4-5-13-18-25(24(30)17-14-11-9-7-6-8-10-12-15-22-29)34-27(32)20-16-19-26(31)33-23-21-28(2)3/h11,14,22,24-25,30H,4-10,12-13,15-21,23H2,1-3H3/b14-11-. The smallest absolute Gasteiger partial charge is 0.306 e. The molecule has 0 aromatic heterocycles. The summed E-state index contributed by atoms with van der Waals surface area (Å²) in [6, 6.07) is 0. The summed E-state index contributed by atoms with van der Waals surface area (Å²) in [6.07, 6.45) is 15.7. The van der Waals surface area contributed by atoms with Gasteiger partial charge in [0.15, 0.2) is 0 Å². The van der Waals surface area contributed by atoms with Crippen LogP contribution in [0.1, 0.15) is 103 Å². The zero-order chi connectivity index (χ0) is 25.4. The number of ether oxygens (including phenoxy) is 2.